The summed E-state index contributed by atoms with van der Waals surface area (Å²) in [5.74, 6) is -0.610. The Balaban J connectivity index is 1.46. The molecule has 1 aromatic heterocycles. The van der Waals surface area contributed by atoms with E-state index in [-0.39, 0.29) is 34.7 Å². The summed E-state index contributed by atoms with van der Waals surface area (Å²) in [6.45, 7) is 0.526. The van der Waals surface area contributed by atoms with Crippen LogP contribution in [-0.4, -0.2) is 80.6 Å². The third-order valence-corrected chi connectivity index (χ3v) is 10.5. The number of sulfone groups is 1. The number of rotatable bonds is 12. The fraction of sp³-hybridized carbons (Fsp3) is 0.448. The first-order valence-electron chi connectivity index (χ1n) is 14.0. The lowest BCUT2D eigenvalue weighted by Gasteiger charge is -2.43. The van der Waals surface area contributed by atoms with Crippen LogP contribution in [0.25, 0.3) is 0 Å². The van der Waals surface area contributed by atoms with Crippen molar-refractivity contribution in [2.75, 3.05) is 43.5 Å². The van der Waals surface area contributed by atoms with Gasteiger partial charge in [0.1, 0.15) is 4.88 Å². The van der Waals surface area contributed by atoms with Crippen LogP contribution in [0, 0.1) is 0 Å². The second kappa shape index (κ2) is 14.5. The second-order valence-electron chi connectivity index (χ2n) is 10.4. The molecule has 1 aliphatic rings. The first kappa shape index (κ1) is 34.7. The molecule has 2 heterocycles. The van der Waals surface area contributed by atoms with Gasteiger partial charge in [0.05, 0.1) is 47.7 Å². The van der Waals surface area contributed by atoms with E-state index >= 15 is 0 Å². The number of hydrogen-bond donors (Lipinski definition) is 2. The summed E-state index contributed by atoms with van der Waals surface area (Å²) in [4.78, 5) is 21.5. The molecule has 0 spiro atoms. The summed E-state index contributed by atoms with van der Waals surface area (Å²) in [5, 5.41) is 13.0. The van der Waals surface area contributed by atoms with Crippen LogP contribution in [-0.2, 0) is 20.8 Å². The molecule has 3 aromatic rings. The van der Waals surface area contributed by atoms with Crippen molar-refractivity contribution in [3.63, 3.8) is 0 Å². The van der Waals surface area contributed by atoms with Crippen molar-refractivity contribution in [2.24, 2.45) is 0 Å². The van der Waals surface area contributed by atoms with Gasteiger partial charge >= 0.3 is 12.8 Å². The maximum atomic E-state index is 13.1. The van der Waals surface area contributed by atoms with E-state index in [4.69, 9.17) is 0 Å². The number of carbonyl (C=O) groups is 1. The lowest BCUT2D eigenvalue weighted by Crippen LogP contribution is -2.55. The molecule has 4 rings (SSSR count). The summed E-state index contributed by atoms with van der Waals surface area (Å²) >= 11 is 1.03. The molecule has 1 aliphatic heterocycles. The number of aliphatic hydroxyl groups excluding tert-OH is 1. The molecule has 1 fully saturated rings. The van der Waals surface area contributed by atoms with Crippen molar-refractivity contribution in [3.05, 3.63) is 76.3 Å². The number of nitrogens with zero attached hydrogens (tertiary/aromatic N) is 3. The highest BCUT2D eigenvalue weighted by Crippen LogP contribution is 2.33. The minimum Gasteiger partial charge on any atom is -0.394 e. The third kappa shape index (κ3) is 8.55. The maximum Gasteiger partial charge on any atom is 0.416 e. The number of benzene rings is 2. The molecule has 0 radical (unpaired) electrons. The van der Waals surface area contributed by atoms with Crippen LogP contribution in [0.2, 0.25) is 0 Å². The molecule has 0 saturated carbocycles. The molecule has 0 unspecified atom stereocenters. The average molecular weight is 677 g/mol. The Kier molecular flexibility index (Phi) is 11.2. The summed E-state index contributed by atoms with van der Waals surface area (Å²) < 4.78 is 93.8. The lowest BCUT2D eigenvalue weighted by atomic mass is 10.0. The van der Waals surface area contributed by atoms with E-state index in [1.165, 1.54) is 49.5 Å². The minimum atomic E-state index is -4.46. The van der Waals surface area contributed by atoms with Crippen LogP contribution in [0.15, 0.2) is 59.6 Å². The molecular weight excluding hydrogens is 643 g/mol. The third-order valence-electron chi connectivity index (χ3n) is 7.67. The predicted molar refractivity (Wildman–Crippen MR) is 158 cm³/mol. The Labute approximate surface area is 261 Å². The number of thiazole rings is 1. The summed E-state index contributed by atoms with van der Waals surface area (Å²) in [6.07, 6.45) is -3.12. The number of amides is 1. The van der Waals surface area contributed by atoms with Crippen molar-refractivity contribution in [1.82, 2.24) is 15.2 Å². The molecule has 1 amide bonds. The van der Waals surface area contributed by atoms with Gasteiger partial charge in [-0.3, -0.25) is 9.69 Å². The van der Waals surface area contributed by atoms with E-state index in [0.717, 1.165) is 23.5 Å². The van der Waals surface area contributed by atoms with E-state index in [1.54, 1.807) is 4.90 Å². The maximum absolute atomic E-state index is 13.1. The van der Waals surface area contributed by atoms with Gasteiger partial charge in [-0.25, -0.2) is 13.4 Å². The number of aromatic nitrogens is 1. The van der Waals surface area contributed by atoms with E-state index < -0.39 is 52.8 Å². The molecule has 2 N–H and O–H groups in total. The van der Waals surface area contributed by atoms with E-state index in [1.807, 2.05) is 11.8 Å². The number of nitrogens with one attached hydrogen (secondary N) is 1. The second-order valence-corrected chi connectivity index (χ2v) is 13.7. The quantitative estimate of drug-likeness (QED) is 0.261. The van der Waals surface area contributed by atoms with E-state index in [0.29, 0.717) is 29.3 Å². The van der Waals surface area contributed by atoms with Crippen molar-refractivity contribution >= 4 is 32.2 Å². The highest BCUT2D eigenvalue weighted by atomic mass is 32.2. The smallest absolute Gasteiger partial charge is 0.394 e. The van der Waals surface area contributed by atoms with Crippen LogP contribution < -0.4 is 10.2 Å². The van der Waals surface area contributed by atoms with Crippen molar-refractivity contribution in [2.45, 2.75) is 49.7 Å². The van der Waals surface area contributed by atoms with E-state index in [9.17, 15) is 40.3 Å². The van der Waals surface area contributed by atoms with Gasteiger partial charge in [-0.2, -0.15) is 22.0 Å². The first-order valence-corrected chi connectivity index (χ1v) is 16.5. The molecule has 16 heteroatoms. The molecule has 246 valence electrons. The molecule has 2 aromatic carbocycles. The number of anilines is 1. The van der Waals surface area contributed by atoms with Crippen molar-refractivity contribution in [1.29, 1.82) is 0 Å². The van der Waals surface area contributed by atoms with Crippen LogP contribution >= 0.6 is 11.3 Å². The zero-order valence-corrected chi connectivity index (χ0v) is 26.0. The molecule has 0 bridgehead atoms. The Morgan fingerprint density at radius 1 is 1.11 bits per heavy atom. The zero-order chi connectivity index (χ0) is 32.9. The Hall–Kier alpha value is -3.18. The lowest BCUT2D eigenvalue weighted by molar-refractivity contribution is -0.137. The fourth-order valence-corrected chi connectivity index (χ4v) is 6.81. The Bertz CT molecular complexity index is 1540. The van der Waals surface area contributed by atoms with Crippen LogP contribution in [0.4, 0.5) is 27.1 Å². The summed E-state index contributed by atoms with van der Waals surface area (Å²) in [7, 11) is -3.42. The zero-order valence-electron chi connectivity index (χ0n) is 24.4. The largest absolute Gasteiger partial charge is 0.416 e. The summed E-state index contributed by atoms with van der Waals surface area (Å²) in [6, 6.07) is 8.92. The minimum absolute atomic E-state index is 0.0669. The normalized spacial score (nSPS) is 17.8. The molecule has 45 heavy (non-hydrogen) atoms. The number of ether oxygens (including phenoxy) is 1. The Morgan fingerprint density at radius 2 is 1.76 bits per heavy atom. The fourth-order valence-electron chi connectivity index (χ4n) is 5.01. The Morgan fingerprint density at radius 3 is 2.33 bits per heavy atom. The SMILES string of the molecule is CCS(=O)(=O)c1ccc([C@H](CO)NC(=O)c2cnc(N3CCN([C@@H](C)c4ccc(C(F)(F)F)cc4)C[C@H]3COC(F)F)s2)cc1. The molecular formula is C29H33F5N4O5S2. The average Bonchev–Trinajstić information content (AvgIpc) is 3.52. The van der Waals surface area contributed by atoms with E-state index in [2.05, 4.69) is 15.0 Å². The van der Waals surface area contributed by atoms with Crippen molar-refractivity contribution in [3.8, 4) is 0 Å². The van der Waals surface area contributed by atoms with Gasteiger partial charge in [0.15, 0.2) is 15.0 Å². The van der Waals surface area contributed by atoms with Gasteiger partial charge in [0, 0.05) is 25.7 Å². The number of hydrogen-bond acceptors (Lipinski definition) is 9. The summed E-state index contributed by atoms with van der Waals surface area (Å²) in [5.41, 5.74) is 0.368. The van der Waals surface area contributed by atoms with Gasteiger partial charge in [-0.1, -0.05) is 42.5 Å². The van der Waals surface area contributed by atoms with Gasteiger partial charge in [0.2, 0.25) is 0 Å². The highest BCUT2D eigenvalue weighted by molar-refractivity contribution is 7.91. The standard InChI is InChI=1S/C29H33F5N4O5S2/c1-3-45(41,42)23-10-6-20(7-11-23)24(16-39)36-26(40)25-14-35-28(44-25)38-13-12-37(15-22(38)17-43-27(30)31)18(2)19-4-8-21(9-5-19)29(32,33)34/h4-11,14,18,22,24,27,39H,3,12-13,15-17H2,1-2H3,(H,36,40)/t18-,22-,24-/m0/s1. The first-order chi connectivity index (χ1) is 21.2. The van der Waals surface area contributed by atoms with Gasteiger partial charge in [0.25, 0.3) is 5.91 Å². The van der Waals surface area contributed by atoms with Crippen molar-refractivity contribution < 1.29 is 45.0 Å². The van der Waals surface area contributed by atoms with Gasteiger partial charge < -0.3 is 20.1 Å². The number of carbonyl (C=O) groups excluding carboxylic acids is 1. The monoisotopic (exact) mass is 676 g/mol. The van der Waals surface area contributed by atoms with Crippen LogP contribution in [0.3, 0.4) is 0 Å². The molecule has 0 aliphatic carbocycles. The number of alkyl halides is 5. The predicted octanol–water partition coefficient (Wildman–Crippen LogP) is 4.91. The number of piperazine rings is 1. The van der Waals surface area contributed by atoms with Crippen LogP contribution in [0.1, 0.15) is 52.3 Å². The number of halogens is 5. The molecule has 9 nitrogen and oxygen atoms in total. The molecule has 1 saturated heterocycles. The number of aliphatic hydroxyl groups is 1. The van der Waals surface area contributed by atoms with Crippen LogP contribution in [0.5, 0.6) is 0 Å². The topological polar surface area (TPSA) is 112 Å². The highest BCUT2D eigenvalue weighted by Gasteiger charge is 2.34. The van der Waals surface area contributed by atoms with Gasteiger partial charge in [-0.05, 0) is 42.3 Å². The molecule has 3 atom stereocenters. The van der Waals surface area contributed by atoms with Gasteiger partial charge in [-0.15, -0.1) is 0 Å².